The van der Waals surface area contributed by atoms with E-state index in [0.717, 1.165) is 11.3 Å². The summed E-state index contributed by atoms with van der Waals surface area (Å²) in [6.45, 7) is 4.60. The Morgan fingerprint density at radius 1 is 1.14 bits per heavy atom. The number of methoxy groups -OCH3 is 1. The molecule has 8 heteroatoms. The number of nitrogens with two attached hydrogens (primary N) is 1. The van der Waals surface area contributed by atoms with E-state index in [0.29, 0.717) is 44.7 Å². The number of amides is 2. The summed E-state index contributed by atoms with van der Waals surface area (Å²) in [6.07, 6.45) is 3.71. The lowest BCUT2D eigenvalue weighted by atomic mass is 10.0. The molecule has 0 spiro atoms. The van der Waals surface area contributed by atoms with Crippen LogP contribution in [0.25, 0.3) is 0 Å². The van der Waals surface area contributed by atoms with E-state index in [1.165, 1.54) is 11.1 Å². The van der Waals surface area contributed by atoms with Crippen molar-refractivity contribution in [2.24, 2.45) is 5.73 Å². The van der Waals surface area contributed by atoms with Crippen LogP contribution in [0, 0.1) is 6.92 Å². The highest BCUT2D eigenvalue weighted by Gasteiger charge is 2.42. The van der Waals surface area contributed by atoms with Crippen LogP contribution in [0.3, 0.4) is 0 Å². The first-order valence-corrected chi connectivity index (χ1v) is 12.6. The third-order valence-corrected chi connectivity index (χ3v) is 6.87. The predicted molar refractivity (Wildman–Crippen MR) is 143 cm³/mol. The second-order valence-corrected chi connectivity index (χ2v) is 9.37. The van der Waals surface area contributed by atoms with Crippen LogP contribution in [0.5, 0.6) is 5.75 Å². The standard InChI is InChI=1S/C29H35N5O3/c1-21-7-3-4-9-24(21)19-33(18-22-8-5-11-26(15-22)37-2)25-16-27(28(35)32-14-12-30)34(20-25)29(36)23-10-6-13-31-17-23/h3-11,13,15,17,25,27H,12,14,16,18-20,30H2,1-2H3,(H,32,35). The van der Waals surface area contributed by atoms with Crippen LogP contribution in [0.2, 0.25) is 0 Å². The SMILES string of the molecule is COc1cccc(CN(Cc2ccccc2C)C2CC(C(=O)NCCN)N(C(=O)c3cccnc3)C2)c1. The Morgan fingerprint density at radius 2 is 1.97 bits per heavy atom. The number of nitrogens with one attached hydrogen (secondary N) is 1. The number of aromatic nitrogens is 1. The molecule has 0 bridgehead atoms. The highest BCUT2D eigenvalue weighted by molar-refractivity contribution is 5.97. The molecule has 2 unspecified atom stereocenters. The molecule has 0 radical (unpaired) electrons. The summed E-state index contributed by atoms with van der Waals surface area (Å²) in [5.74, 6) is 0.426. The Balaban J connectivity index is 1.64. The molecule has 194 valence electrons. The minimum Gasteiger partial charge on any atom is -0.497 e. The van der Waals surface area contributed by atoms with Crippen molar-refractivity contribution in [2.75, 3.05) is 26.7 Å². The van der Waals surface area contributed by atoms with Crippen molar-refractivity contribution in [3.63, 3.8) is 0 Å². The fourth-order valence-electron chi connectivity index (χ4n) is 4.85. The molecule has 0 aliphatic carbocycles. The first-order valence-electron chi connectivity index (χ1n) is 12.6. The van der Waals surface area contributed by atoms with Gasteiger partial charge in [0.2, 0.25) is 5.91 Å². The molecule has 1 aliphatic rings. The predicted octanol–water partition coefficient (Wildman–Crippen LogP) is 2.76. The Bertz CT molecular complexity index is 1200. The van der Waals surface area contributed by atoms with Crippen LogP contribution in [0.4, 0.5) is 0 Å². The number of benzene rings is 2. The van der Waals surface area contributed by atoms with Gasteiger partial charge in [0.05, 0.1) is 12.7 Å². The molecule has 2 amide bonds. The van der Waals surface area contributed by atoms with Crippen molar-refractivity contribution < 1.29 is 14.3 Å². The molecule has 37 heavy (non-hydrogen) atoms. The fourth-order valence-corrected chi connectivity index (χ4v) is 4.85. The monoisotopic (exact) mass is 501 g/mol. The van der Waals surface area contributed by atoms with Crippen molar-refractivity contribution in [1.29, 1.82) is 0 Å². The average molecular weight is 502 g/mol. The van der Waals surface area contributed by atoms with Crippen LogP contribution in [0.1, 0.15) is 33.5 Å². The maximum absolute atomic E-state index is 13.5. The van der Waals surface area contributed by atoms with Crippen LogP contribution in [0.15, 0.2) is 73.1 Å². The topological polar surface area (TPSA) is 101 Å². The zero-order chi connectivity index (χ0) is 26.2. The smallest absolute Gasteiger partial charge is 0.256 e. The number of nitrogens with zero attached hydrogens (tertiary/aromatic N) is 3. The van der Waals surface area contributed by atoms with Gasteiger partial charge in [0.25, 0.3) is 5.91 Å². The second kappa shape index (κ2) is 12.5. The van der Waals surface area contributed by atoms with Gasteiger partial charge in [-0.3, -0.25) is 19.5 Å². The minimum atomic E-state index is -0.589. The van der Waals surface area contributed by atoms with Crippen LogP contribution < -0.4 is 15.8 Å². The van der Waals surface area contributed by atoms with Gasteiger partial charge in [0.1, 0.15) is 11.8 Å². The molecule has 1 fully saturated rings. The average Bonchev–Trinajstić information content (AvgIpc) is 3.38. The van der Waals surface area contributed by atoms with Gasteiger partial charge in [-0.15, -0.1) is 0 Å². The number of pyridine rings is 1. The zero-order valence-electron chi connectivity index (χ0n) is 21.5. The van der Waals surface area contributed by atoms with Crippen molar-refractivity contribution in [2.45, 2.75) is 38.5 Å². The highest BCUT2D eigenvalue weighted by Crippen LogP contribution is 2.28. The summed E-state index contributed by atoms with van der Waals surface area (Å²) in [4.78, 5) is 34.8. The van der Waals surface area contributed by atoms with E-state index in [1.54, 1.807) is 36.5 Å². The van der Waals surface area contributed by atoms with E-state index < -0.39 is 6.04 Å². The van der Waals surface area contributed by atoms with Gasteiger partial charge >= 0.3 is 0 Å². The van der Waals surface area contributed by atoms with Crippen LogP contribution in [-0.4, -0.2) is 65.4 Å². The lowest BCUT2D eigenvalue weighted by Gasteiger charge is -2.30. The number of carbonyl (C=O) groups is 2. The number of hydrogen-bond acceptors (Lipinski definition) is 6. The van der Waals surface area contributed by atoms with Gasteiger partial charge in [-0.05, 0) is 54.3 Å². The van der Waals surface area contributed by atoms with Gasteiger partial charge in [-0.1, -0.05) is 36.4 Å². The second-order valence-electron chi connectivity index (χ2n) is 9.37. The van der Waals surface area contributed by atoms with E-state index in [2.05, 4.69) is 40.3 Å². The van der Waals surface area contributed by atoms with Crippen molar-refractivity contribution in [3.8, 4) is 5.75 Å². The van der Waals surface area contributed by atoms with E-state index in [4.69, 9.17) is 10.5 Å². The highest BCUT2D eigenvalue weighted by atomic mass is 16.5. The van der Waals surface area contributed by atoms with Gasteiger partial charge in [-0.25, -0.2) is 0 Å². The van der Waals surface area contributed by atoms with E-state index >= 15 is 0 Å². The quantitative estimate of drug-likeness (QED) is 0.443. The molecule has 2 aromatic carbocycles. The molecule has 1 saturated heterocycles. The summed E-state index contributed by atoms with van der Waals surface area (Å²) in [5.41, 5.74) is 9.62. The van der Waals surface area contributed by atoms with Gasteiger partial charge in [0.15, 0.2) is 0 Å². The van der Waals surface area contributed by atoms with Crippen LogP contribution >= 0.6 is 0 Å². The fraction of sp³-hybridized carbons (Fsp3) is 0.345. The third-order valence-electron chi connectivity index (χ3n) is 6.87. The molecule has 0 saturated carbocycles. The third kappa shape index (κ3) is 6.53. The Morgan fingerprint density at radius 3 is 2.70 bits per heavy atom. The number of hydrogen-bond donors (Lipinski definition) is 2. The molecule has 3 N–H and O–H groups in total. The zero-order valence-corrected chi connectivity index (χ0v) is 21.5. The molecule has 1 aromatic heterocycles. The van der Waals surface area contributed by atoms with Gasteiger partial charge < -0.3 is 20.7 Å². The first-order chi connectivity index (χ1) is 18.0. The summed E-state index contributed by atoms with van der Waals surface area (Å²) < 4.78 is 5.44. The molecular formula is C29H35N5O3. The number of rotatable bonds is 10. The van der Waals surface area contributed by atoms with Crippen LogP contribution in [-0.2, 0) is 17.9 Å². The normalized spacial score (nSPS) is 17.1. The summed E-state index contributed by atoms with van der Waals surface area (Å²) in [7, 11) is 1.66. The Hall–Kier alpha value is -3.75. The number of likely N-dealkylation sites (tertiary alicyclic amines) is 1. The van der Waals surface area contributed by atoms with Crippen molar-refractivity contribution >= 4 is 11.8 Å². The van der Waals surface area contributed by atoms with Crippen molar-refractivity contribution in [1.82, 2.24) is 20.1 Å². The summed E-state index contributed by atoms with van der Waals surface area (Å²) >= 11 is 0. The summed E-state index contributed by atoms with van der Waals surface area (Å²) in [5, 5.41) is 2.89. The molecule has 2 heterocycles. The van der Waals surface area contributed by atoms with E-state index in [9.17, 15) is 9.59 Å². The maximum Gasteiger partial charge on any atom is 0.256 e. The van der Waals surface area contributed by atoms with E-state index in [1.807, 2.05) is 30.3 Å². The molecule has 8 nitrogen and oxygen atoms in total. The maximum atomic E-state index is 13.5. The molecule has 3 aromatic rings. The Kier molecular flexibility index (Phi) is 8.87. The minimum absolute atomic E-state index is 0.0277. The first kappa shape index (κ1) is 26.3. The summed E-state index contributed by atoms with van der Waals surface area (Å²) in [6, 6.07) is 19.2. The molecule has 4 rings (SSSR count). The van der Waals surface area contributed by atoms with E-state index in [-0.39, 0.29) is 17.9 Å². The lowest BCUT2D eigenvalue weighted by molar-refractivity contribution is -0.124. The Labute approximate surface area is 218 Å². The molecule has 1 aliphatic heterocycles. The molecule has 2 atom stereocenters. The van der Waals surface area contributed by atoms with Crippen molar-refractivity contribution in [3.05, 3.63) is 95.3 Å². The lowest BCUT2D eigenvalue weighted by Crippen LogP contribution is -2.47. The number of ether oxygens (including phenoxy) is 1. The van der Waals surface area contributed by atoms with Gasteiger partial charge in [0, 0.05) is 51.2 Å². The number of aryl methyl sites for hydroxylation is 1. The molecular weight excluding hydrogens is 466 g/mol. The largest absolute Gasteiger partial charge is 0.497 e. The number of carbonyl (C=O) groups excluding carboxylic acids is 2. The van der Waals surface area contributed by atoms with Gasteiger partial charge in [-0.2, -0.15) is 0 Å².